The van der Waals surface area contributed by atoms with E-state index in [1.165, 1.54) is 0 Å². The van der Waals surface area contributed by atoms with Gasteiger partial charge in [-0.3, -0.25) is 9.69 Å². The van der Waals surface area contributed by atoms with Crippen LogP contribution in [0.1, 0.15) is 24.4 Å². The predicted molar refractivity (Wildman–Crippen MR) is 106 cm³/mol. The Bertz CT molecular complexity index is 775. The molecule has 0 bridgehead atoms. The smallest absolute Gasteiger partial charge is 0.246 e. The quantitative estimate of drug-likeness (QED) is 0.761. The third kappa shape index (κ3) is 4.19. The topological polar surface area (TPSA) is 50.8 Å². The number of anilines is 1. The SMILES string of the molecule is COc1ccc(NC(=O)[C@@H](c2cccc(Br)c2)N2CCCC2)c(OC)c1. The normalized spacial score (nSPS) is 15.5. The molecule has 1 saturated heterocycles. The minimum absolute atomic E-state index is 0.0616. The van der Waals surface area contributed by atoms with Crippen molar-refractivity contribution in [2.75, 3.05) is 32.6 Å². The highest BCUT2D eigenvalue weighted by Crippen LogP contribution is 2.32. The molecule has 0 unspecified atom stereocenters. The number of carbonyl (C=O) groups excluding carboxylic acids is 1. The molecule has 2 aromatic rings. The van der Waals surface area contributed by atoms with Crippen LogP contribution in [0.2, 0.25) is 0 Å². The Morgan fingerprint density at radius 2 is 1.88 bits per heavy atom. The minimum Gasteiger partial charge on any atom is -0.497 e. The molecule has 6 heteroatoms. The van der Waals surface area contributed by atoms with Crippen LogP contribution in [0.5, 0.6) is 11.5 Å². The fourth-order valence-corrected chi connectivity index (χ4v) is 3.72. The number of likely N-dealkylation sites (tertiary alicyclic amines) is 1. The standard InChI is InChI=1S/C20H23BrN2O3/c1-25-16-8-9-17(18(13-16)26-2)22-20(24)19(23-10-3-4-11-23)14-6-5-7-15(21)12-14/h5-9,12-13,19H,3-4,10-11H2,1-2H3,(H,22,24)/t19-/m1/s1. The molecule has 5 nitrogen and oxygen atoms in total. The Morgan fingerprint density at radius 3 is 2.54 bits per heavy atom. The van der Waals surface area contributed by atoms with E-state index < -0.39 is 0 Å². The third-order valence-electron chi connectivity index (χ3n) is 4.59. The zero-order valence-corrected chi connectivity index (χ0v) is 16.6. The van der Waals surface area contributed by atoms with Gasteiger partial charge in [-0.2, -0.15) is 0 Å². The minimum atomic E-state index is -0.332. The number of nitrogens with zero attached hydrogens (tertiary/aromatic N) is 1. The van der Waals surface area contributed by atoms with E-state index in [0.717, 1.165) is 36.0 Å². The predicted octanol–water partition coefficient (Wildman–Crippen LogP) is 4.24. The summed E-state index contributed by atoms with van der Waals surface area (Å²) in [5.74, 6) is 1.20. The summed E-state index contributed by atoms with van der Waals surface area (Å²) in [5.41, 5.74) is 1.61. The summed E-state index contributed by atoms with van der Waals surface area (Å²) in [6.45, 7) is 1.84. The second-order valence-corrected chi connectivity index (χ2v) is 7.17. The average Bonchev–Trinajstić information content (AvgIpc) is 3.16. The van der Waals surface area contributed by atoms with E-state index in [2.05, 4.69) is 26.1 Å². The first kappa shape index (κ1) is 18.7. The number of amides is 1. The van der Waals surface area contributed by atoms with Gasteiger partial charge in [-0.15, -0.1) is 0 Å². The number of benzene rings is 2. The van der Waals surface area contributed by atoms with Crippen LogP contribution < -0.4 is 14.8 Å². The molecule has 0 saturated carbocycles. The van der Waals surface area contributed by atoms with Crippen molar-refractivity contribution >= 4 is 27.5 Å². The molecule has 1 aliphatic rings. The number of carbonyl (C=O) groups is 1. The Morgan fingerprint density at radius 1 is 1.12 bits per heavy atom. The first-order valence-electron chi connectivity index (χ1n) is 8.65. The van der Waals surface area contributed by atoms with E-state index in [1.807, 2.05) is 30.3 Å². The Hall–Kier alpha value is -2.05. The molecule has 0 aromatic heterocycles. The molecule has 3 rings (SSSR count). The molecule has 0 radical (unpaired) electrons. The summed E-state index contributed by atoms with van der Waals surface area (Å²) in [6.07, 6.45) is 2.23. The van der Waals surface area contributed by atoms with Gasteiger partial charge in [-0.05, 0) is 55.8 Å². The molecule has 2 aromatic carbocycles. The van der Waals surface area contributed by atoms with E-state index in [0.29, 0.717) is 17.2 Å². The van der Waals surface area contributed by atoms with Crippen molar-refractivity contribution in [3.63, 3.8) is 0 Å². The van der Waals surface area contributed by atoms with Crippen LogP contribution in [0.4, 0.5) is 5.69 Å². The van der Waals surface area contributed by atoms with Crippen molar-refractivity contribution in [2.45, 2.75) is 18.9 Å². The van der Waals surface area contributed by atoms with Gasteiger partial charge in [0.1, 0.15) is 17.5 Å². The summed E-state index contributed by atoms with van der Waals surface area (Å²) in [5, 5.41) is 3.03. The number of hydrogen-bond acceptors (Lipinski definition) is 4. The van der Waals surface area contributed by atoms with Crippen molar-refractivity contribution < 1.29 is 14.3 Å². The van der Waals surface area contributed by atoms with Crippen LogP contribution >= 0.6 is 15.9 Å². The maximum absolute atomic E-state index is 13.2. The average molecular weight is 419 g/mol. The summed E-state index contributed by atoms with van der Waals surface area (Å²) >= 11 is 3.51. The number of hydrogen-bond donors (Lipinski definition) is 1. The largest absolute Gasteiger partial charge is 0.497 e. The fraction of sp³-hybridized carbons (Fsp3) is 0.350. The Labute approximate surface area is 162 Å². The van der Waals surface area contributed by atoms with Gasteiger partial charge in [0, 0.05) is 10.5 Å². The van der Waals surface area contributed by atoms with E-state index in [-0.39, 0.29) is 11.9 Å². The summed E-state index contributed by atoms with van der Waals surface area (Å²) in [6, 6.07) is 13.0. The lowest BCUT2D eigenvalue weighted by atomic mass is 10.0. The van der Waals surface area contributed by atoms with Crippen molar-refractivity contribution in [2.24, 2.45) is 0 Å². The first-order chi connectivity index (χ1) is 12.6. The molecule has 1 heterocycles. The van der Waals surface area contributed by atoms with Gasteiger partial charge in [0.15, 0.2) is 0 Å². The summed E-state index contributed by atoms with van der Waals surface area (Å²) in [4.78, 5) is 15.4. The van der Waals surface area contributed by atoms with Crippen molar-refractivity contribution in [1.29, 1.82) is 0 Å². The Kier molecular flexibility index (Phi) is 6.16. The van der Waals surface area contributed by atoms with E-state index in [1.54, 1.807) is 26.4 Å². The number of nitrogens with one attached hydrogen (secondary N) is 1. The Balaban J connectivity index is 1.88. The highest BCUT2D eigenvalue weighted by Gasteiger charge is 2.30. The van der Waals surface area contributed by atoms with Crippen LogP contribution in [0.15, 0.2) is 46.9 Å². The molecule has 1 aliphatic heterocycles. The number of halogens is 1. The zero-order valence-electron chi connectivity index (χ0n) is 15.0. The van der Waals surface area contributed by atoms with Gasteiger partial charge < -0.3 is 14.8 Å². The second-order valence-electron chi connectivity index (χ2n) is 6.26. The van der Waals surface area contributed by atoms with Gasteiger partial charge in [0.25, 0.3) is 0 Å². The van der Waals surface area contributed by atoms with Crippen LogP contribution in [0.25, 0.3) is 0 Å². The lowest BCUT2D eigenvalue weighted by Crippen LogP contribution is -2.35. The zero-order chi connectivity index (χ0) is 18.5. The van der Waals surface area contributed by atoms with Crippen LogP contribution in [-0.2, 0) is 4.79 Å². The monoisotopic (exact) mass is 418 g/mol. The van der Waals surface area contributed by atoms with Gasteiger partial charge in [0.2, 0.25) is 5.91 Å². The van der Waals surface area contributed by atoms with Gasteiger partial charge >= 0.3 is 0 Å². The summed E-state index contributed by atoms with van der Waals surface area (Å²) < 4.78 is 11.6. The van der Waals surface area contributed by atoms with Crippen LogP contribution in [0.3, 0.4) is 0 Å². The molecule has 1 N–H and O–H groups in total. The van der Waals surface area contributed by atoms with Gasteiger partial charge in [-0.1, -0.05) is 28.1 Å². The van der Waals surface area contributed by atoms with Crippen molar-refractivity contribution in [3.05, 3.63) is 52.5 Å². The number of methoxy groups -OCH3 is 2. The number of ether oxygens (including phenoxy) is 2. The van der Waals surface area contributed by atoms with Crippen LogP contribution in [0, 0.1) is 0 Å². The maximum Gasteiger partial charge on any atom is 0.246 e. The van der Waals surface area contributed by atoms with Crippen molar-refractivity contribution in [1.82, 2.24) is 4.90 Å². The molecular weight excluding hydrogens is 396 g/mol. The second kappa shape index (κ2) is 8.56. The molecular formula is C20H23BrN2O3. The highest BCUT2D eigenvalue weighted by molar-refractivity contribution is 9.10. The molecule has 1 fully saturated rings. The number of rotatable bonds is 6. The molecule has 1 atom stereocenters. The molecule has 1 amide bonds. The highest BCUT2D eigenvalue weighted by atomic mass is 79.9. The van der Waals surface area contributed by atoms with Gasteiger partial charge in [-0.25, -0.2) is 0 Å². The van der Waals surface area contributed by atoms with Gasteiger partial charge in [0.05, 0.1) is 19.9 Å². The third-order valence-corrected chi connectivity index (χ3v) is 5.08. The molecule has 0 spiro atoms. The van der Waals surface area contributed by atoms with E-state index in [4.69, 9.17) is 9.47 Å². The van der Waals surface area contributed by atoms with Crippen LogP contribution in [-0.4, -0.2) is 38.1 Å². The van der Waals surface area contributed by atoms with E-state index >= 15 is 0 Å². The molecule has 26 heavy (non-hydrogen) atoms. The molecule has 0 aliphatic carbocycles. The first-order valence-corrected chi connectivity index (χ1v) is 9.44. The lowest BCUT2D eigenvalue weighted by molar-refractivity contribution is -0.121. The van der Waals surface area contributed by atoms with Crippen molar-refractivity contribution in [3.8, 4) is 11.5 Å². The molecule has 138 valence electrons. The summed E-state index contributed by atoms with van der Waals surface area (Å²) in [7, 11) is 3.18. The lowest BCUT2D eigenvalue weighted by Gasteiger charge is -2.27. The fourth-order valence-electron chi connectivity index (χ4n) is 3.31. The van der Waals surface area contributed by atoms with E-state index in [9.17, 15) is 4.79 Å². The maximum atomic E-state index is 13.2.